The number of H-pyrrole nitrogens is 1. The average molecular weight is 420 g/mol. The van der Waals surface area contributed by atoms with Gasteiger partial charge in [0, 0.05) is 48.9 Å². The van der Waals surface area contributed by atoms with Gasteiger partial charge in [-0.15, -0.1) is 0 Å². The van der Waals surface area contributed by atoms with Crippen LogP contribution in [0.1, 0.15) is 27.7 Å². The van der Waals surface area contributed by atoms with Crippen LogP contribution in [0, 0.1) is 0 Å². The number of benzene rings is 1. The number of hydrogen-bond acceptors (Lipinski definition) is 7. The molecule has 0 amide bonds. The molecule has 1 aromatic carbocycles. The van der Waals surface area contributed by atoms with Crippen molar-refractivity contribution in [1.82, 2.24) is 34.4 Å². The third kappa shape index (κ3) is 4.83. The summed E-state index contributed by atoms with van der Waals surface area (Å²) in [6.45, 7) is 10.6. The van der Waals surface area contributed by atoms with Crippen molar-refractivity contribution < 1.29 is 0 Å². The number of aromatic amines is 1. The lowest BCUT2D eigenvalue weighted by Crippen LogP contribution is -2.40. The maximum absolute atomic E-state index is 4.69. The van der Waals surface area contributed by atoms with Crippen LogP contribution in [0.4, 0.5) is 17.5 Å². The molecule has 0 bridgehead atoms. The second-order valence-electron chi connectivity index (χ2n) is 7.99. The predicted octanol–water partition coefficient (Wildman–Crippen LogP) is 3.81. The fraction of sp³-hybridized carbons (Fsp3) is 0.364. The van der Waals surface area contributed by atoms with E-state index in [1.54, 1.807) is 18.9 Å². The van der Waals surface area contributed by atoms with E-state index in [2.05, 4.69) is 68.1 Å². The first-order chi connectivity index (χ1) is 15.0. The molecule has 0 atom stereocenters. The predicted molar refractivity (Wildman–Crippen MR) is 124 cm³/mol. The van der Waals surface area contributed by atoms with Crippen LogP contribution >= 0.6 is 0 Å². The van der Waals surface area contributed by atoms with Gasteiger partial charge in [0.15, 0.2) is 11.5 Å². The quantitative estimate of drug-likeness (QED) is 0.379. The summed E-state index contributed by atoms with van der Waals surface area (Å²) >= 11 is 0. The van der Waals surface area contributed by atoms with Gasteiger partial charge in [0.05, 0.1) is 12.7 Å². The summed E-state index contributed by atoms with van der Waals surface area (Å²) in [4.78, 5) is 23.2. The topological polar surface area (TPSA) is 99.6 Å². The molecule has 162 valence electrons. The van der Waals surface area contributed by atoms with Gasteiger partial charge in [-0.25, -0.2) is 9.97 Å². The number of imidazole rings is 2. The molecule has 0 spiro atoms. The van der Waals surface area contributed by atoms with Crippen molar-refractivity contribution in [2.24, 2.45) is 0 Å². The number of nitrogens with one attached hydrogen (secondary N) is 3. The average Bonchev–Trinajstić information content (AvgIpc) is 3.43. The van der Waals surface area contributed by atoms with E-state index in [0.29, 0.717) is 23.7 Å². The number of fused-ring (bicyclic) bond motifs is 1. The van der Waals surface area contributed by atoms with Crippen molar-refractivity contribution >= 4 is 28.6 Å². The molecular weight excluding hydrogens is 390 g/mol. The minimum absolute atomic E-state index is 0.488. The van der Waals surface area contributed by atoms with E-state index in [1.807, 2.05) is 35.0 Å². The lowest BCUT2D eigenvalue weighted by molar-refractivity contribution is 0.182. The Labute approximate surface area is 182 Å². The Morgan fingerprint density at radius 2 is 1.84 bits per heavy atom. The number of hydrogen-bond donors (Lipinski definition) is 3. The first-order valence-corrected chi connectivity index (χ1v) is 10.6. The lowest BCUT2D eigenvalue weighted by atomic mass is 10.2. The van der Waals surface area contributed by atoms with E-state index < -0.39 is 0 Å². The van der Waals surface area contributed by atoms with Gasteiger partial charge in [-0.1, -0.05) is 0 Å². The Morgan fingerprint density at radius 3 is 2.52 bits per heavy atom. The third-order valence-corrected chi connectivity index (χ3v) is 5.20. The maximum atomic E-state index is 4.69. The highest BCUT2D eigenvalue weighted by Gasteiger charge is 2.14. The van der Waals surface area contributed by atoms with Crippen molar-refractivity contribution in [2.75, 3.05) is 23.7 Å². The highest BCUT2D eigenvalue weighted by molar-refractivity contribution is 5.84. The number of aromatic nitrogens is 6. The van der Waals surface area contributed by atoms with Gasteiger partial charge < -0.3 is 20.2 Å². The molecule has 0 fully saturated rings. The van der Waals surface area contributed by atoms with Crippen molar-refractivity contribution in [2.45, 2.75) is 39.8 Å². The molecule has 0 unspecified atom stereocenters. The molecule has 0 aliphatic rings. The Bertz CT molecular complexity index is 1090. The van der Waals surface area contributed by atoms with E-state index in [-0.39, 0.29) is 0 Å². The highest BCUT2D eigenvalue weighted by Crippen LogP contribution is 2.22. The van der Waals surface area contributed by atoms with Crippen LogP contribution < -0.4 is 10.6 Å². The summed E-state index contributed by atoms with van der Waals surface area (Å²) in [6.07, 6.45) is 7.08. The molecule has 9 heteroatoms. The van der Waals surface area contributed by atoms with Gasteiger partial charge in [0.25, 0.3) is 0 Å². The highest BCUT2D eigenvalue weighted by atomic mass is 15.2. The van der Waals surface area contributed by atoms with E-state index >= 15 is 0 Å². The number of rotatable bonds is 9. The van der Waals surface area contributed by atoms with E-state index in [1.165, 1.54) is 0 Å². The van der Waals surface area contributed by atoms with Crippen molar-refractivity contribution in [3.8, 4) is 5.69 Å². The molecule has 4 aromatic rings. The van der Waals surface area contributed by atoms with Crippen LogP contribution in [-0.2, 0) is 0 Å². The second-order valence-corrected chi connectivity index (χ2v) is 7.99. The van der Waals surface area contributed by atoms with Crippen molar-refractivity contribution in [3.63, 3.8) is 0 Å². The monoisotopic (exact) mass is 419 g/mol. The zero-order valence-electron chi connectivity index (χ0n) is 18.4. The molecule has 3 N–H and O–H groups in total. The molecule has 3 heterocycles. The molecular formula is C22H29N9. The van der Waals surface area contributed by atoms with Gasteiger partial charge >= 0.3 is 0 Å². The Hall–Kier alpha value is -3.46. The molecule has 9 nitrogen and oxygen atoms in total. The van der Waals surface area contributed by atoms with Crippen molar-refractivity contribution in [1.29, 1.82) is 0 Å². The SMILES string of the molecule is CC(C)N(CCNc1nc(Nc2ccc(-n3ccnc3)cc2)nc2nc[nH]c12)C(C)C. The van der Waals surface area contributed by atoms with Crippen LogP contribution in [0.5, 0.6) is 0 Å². The van der Waals surface area contributed by atoms with Crippen LogP contribution in [0.25, 0.3) is 16.9 Å². The Morgan fingerprint density at radius 1 is 1.06 bits per heavy atom. The van der Waals surface area contributed by atoms with Crippen LogP contribution in [0.3, 0.4) is 0 Å². The van der Waals surface area contributed by atoms with Crippen molar-refractivity contribution in [3.05, 3.63) is 49.3 Å². The van der Waals surface area contributed by atoms with Gasteiger partial charge in [-0.3, -0.25) is 4.90 Å². The van der Waals surface area contributed by atoms with Gasteiger partial charge in [-0.05, 0) is 52.0 Å². The van der Waals surface area contributed by atoms with E-state index in [4.69, 9.17) is 0 Å². The Kier molecular flexibility index (Phi) is 6.13. The number of nitrogens with zero attached hydrogens (tertiary/aromatic N) is 6. The Balaban J connectivity index is 1.49. The largest absolute Gasteiger partial charge is 0.367 e. The minimum Gasteiger partial charge on any atom is -0.367 e. The fourth-order valence-electron chi connectivity index (χ4n) is 3.69. The summed E-state index contributed by atoms with van der Waals surface area (Å²) in [5, 5.41) is 6.74. The summed E-state index contributed by atoms with van der Waals surface area (Å²) in [5.41, 5.74) is 3.37. The van der Waals surface area contributed by atoms with E-state index in [0.717, 1.165) is 35.8 Å². The summed E-state index contributed by atoms with van der Waals surface area (Å²) in [5.74, 6) is 1.24. The van der Waals surface area contributed by atoms with Crippen LogP contribution in [0.15, 0.2) is 49.3 Å². The van der Waals surface area contributed by atoms with Gasteiger partial charge in [0.1, 0.15) is 5.52 Å². The molecule has 0 saturated carbocycles. The maximum Gasteiger partial charge on any atom is 0.231 e. The van der Waals surface area contributed by atoms with E-state index in [9.17, 15) is 0 Å². The molecule has 3 aromatic heterocycles. The molecule has 31 heavy (non-hydrogen) atoms. The smallest absolute Gasteiger partial charge is 0.231 e. The summed E-state index contributed by atoms with van der Waals surface area (Å²) in [7, 11) is 0. The molecule has 0 saturated heterocycles. The second kappa shape index (κ2) is 9.13. The van der Waals surface area contributed by atoms with Crippen LogP contribution in [-0.4, -0.2) is 59.6 Å². The standard InChI is InChI=1S/C22H29N9/c1-15(2)31(16(3)4)12-10-24-20-19-21(26-13-25-19)29-22(28-20)27-17-5-7-18(8-6-17)30-11-9-23-14-30/h5-9,11,13-16H,10,12H2,1-4H3,(H3,24,25,26,27,28,29). The molecule has 0 aliphatic heterocycles. The van der Waals surface area contributed by atoms with Crippen LogP contribution in [0.2, 0.25) is 0 Å². The number of anilines is 3. The third-order valence-electron chi connectivity index (χ3n) is 5.20. The molecule has 0 aliphatic carbocycles. The summed E-state index contributed by atoms with van der Waals surface area (Å²) in [6, 6.07) is 8.99. The van der Waals surface area contributed by atoms with Gasteiger partial charge in [-0.2, -0.15) is 9.97 Å². The first-order valence-electron chi connectivity index (χ1n) is 10.6. The fourth-order valence-corrected chi connectivity index (χ4v) is 3.69. The molecule has 0 radical (unpaired) electrons. The lowest BCUT2D eigenvalue weighted by Gasteiger charge is -2.30. The minimum atomic E-state index is 0.488. The van der Waals surface area contributed by atoms with Gasteiger partial charge in [0.2, 0.25) is 5.95 Å². The normalized spacial score (nSPS) is 11.7. The zero-order chi connectivity index (χ0) is 21.8. The molecule has 4 rings (SSSR count). The first kappa shape index (κ1) is 20.8. The zero-order valence-corrected chi connectivity index (χ0v) is 18.4. The summed E-state index contributed by atoms with van der Waals surface area (Å²) < 4.78 is 1.95.